The third kappa shape index (κ3) is 3.25. The van der Waals surface area contributed by atoms with Crippen LogP contribution in [0.5, 0.6) is 0 Å². The Bertz CT molecular complexity index is 495. The van der Waals surface area contributed by atoms with Crippen molar-refractivity contribution < 1.29 is 19.4 Å². The zero-order chi connectivity index (χ0) is 17.3. The topological polar surface area (TPSA) is 78.9 Å². The molecular formula is C18H30N2O4. The number of nitrogens with one attached hydrogen (secondary N) is 1. The first-order valence-corrected chi connectivity index (χ1v) is 9.30. The van der Waals surface area contributed by atoms with Gasteiger partial charge in [-0.25, -0.2) is 4.79 Å². The summed E-state index contributed by atoms with van der Waals surface area (Å²) in [5.41, 5.74) is -0.696. The standard InChI is InChI=1S/C18H30N2O4/c1-12(2)15-8-13(5-7-24-15)9-19-17(23)20-10-14-4-3-6-18(14,11-20)16(21)22/h12-15H,3-11H2,1-2H3,(H,19,23)(H,21,22)/t13?,14-,15?,18+/m0/s1. The number of hydrogen-bond donors (Lipinski definition) is 2. The lowest BCUT2D eigenvalue weighted by Crippen LogP contribution is -2.44. The van der Waals surface area contributed by atoms with Gasteiger partial charge in [-0.3, -0.25) is 4.79 Å². The first kappa shape index (κ1) is 17.5. The van der Waals surface area contributed by atoms with E-state index in [4.69, 9.17) is 4.74 Å². The van der Waals surface area contributed by atoms with Crippen LogP contribution in [0.1, 0.15) is 46.0 Å². The van der Waals surface area contributed by atoms with Crippen molar-refractivity contribution in [2.75, 3.05) is 26.2 Å². The molecule has 0 spiro atoms. The second-order valence-electron chi connectivity index (χ2n) is 8.16. The minimum atomic E-state index is -0.732. The van der Waals surface area contributed by atoms with Crippen molar-refractivity contribution in [2.24, 2.45) is 23.2 Å². The molecule has 0 aromatic carbocycles. The molecule has 3 fully saturated rings. The van der Waals surface area contributed by atoms with Crippen LogP contribution in [-0.2, 0) is 9.53 Å². The van der Waals surface area contributed by atoms with Crippen LogP contribution in [0.2, 0.25) is 0 Å². The molecule has 2 amide bonds. The maximum Gasteiger partial charge on any atom is 0.317 e. The molecular weight excluding hydrogens is 308 g/mol. The molecule has 136 valence electrons. The van der Waals surface area contributed by atoms with Gasteiger partial charge in [0.2, 0.25) is 0 Å². The van der Waals surface area contributed by atoms with Gasteiger partial charge in [-0.15, -0.1) is 0 Å². The molecule has 3 aliphatic rings. The quantitative estimate of drug-likeness (QED) is 0.824. The van der Waals surface area contributed by atoms with Gasteiger partial charge in [0.05, 0.1) is 11.5 Å². The lowest BCUT2D eigenvalue weighted by molar-refractivity contribution is -0.149. The molecule has 0 bridgehead atoms. The molecule has 4 atom stereocenters. The van der Waals surface area contributed by atoms with Crippen LogP contribution in [-0.4, -0.2) is 54.4 Å². The third-order valence-corrected chi connectivity index (χ3v) is 6.29. The van der Waals surface area contributed by atoms with Crippen molar-refractivity contribution in [1.82, 2.24) is 10.2 Å². The van der Waals surface area contributed by atoms with Crippen molar-refractivity contribution in [3.05, 3.63) is 0 Å². The number of carbonyl (C=O) groups excluding carboxylic acids is 1. The maximum absolute atomic E-state index is 12.5. The van der Waals surface area contributed by atoms with E-state index >= 15 is 0 Å². The molecule has 3 rings (SSSR count). The summed E-state index contributed by atoms with van der Waals surface area (Å²) in [7, 11) is 0. The highest BCUT2D eigenvalue weighted by Gasteiger charge is 2.55. The summed E-state index contributed by atoms with van der Waals surface area (Å²) in [6.45, 7) is 6.70. The summed E-state index contributed by atoms with van der Waals surface area (Å²) in [4.78, 5) is 25.9. The predicted molar refractivity (Wildman–Crippen MR) is 89.7 cm³/mol. The van der Waals surface area contributed by atoms with Crippen LogP contribution in [0.25, 0.3) is 0 Å². The fourth-order valence-electron chi connectivity index (χ4n) is 4.69. The van der Waals surface area contributed by atoms with Gasteiger partial charge in [-0.05, 0) is 43.4 Å². The van der Waals surface area contributed by atoms with E-state index in [1.54, 1.807) is 4.90 Å². The highest BCUT2D eigenvalue weighted by Crippen LogP contribution is 2.48. The summed E-state index contributed by atoms with van der Waals surface area (Å²) in [5.74, 6) is 0.334. The molecule has 24 heavy (non-hydrogen) atoms. The van der Waals surface area contributed by atoms with Crippen LogP contribution < -0.4 is 5.32 Å². The van der Waals surface area contributed by atoms with E-state index in [2.05, 4.69) is 19.2 Å². The maximum atomic E-state index is 12.5. The average Bonchev–Trinajstić information content (AvgIpc) is 3.11. The van der Waals surface area contributed by atoms with E-state index in [0.717, 1.165) is 32.3 Å². The number of rotatable bonds is 4. The zero-order valence-corrected chi connectivity index (χ0v) is 14.8. The zero-order valence-electron chi connectivity index (χ0n) is 14.8. The van der Waals surface area contributed by atoms with Crippen molar-refractivity contribution in [1.29, 1.82) is 0 Å². The Hall–Kier alpha value is -1.30. The minimum Gasteiger partial charge on any atom is -0.481 e. The summed E-state index contributed by atoms with van der Waals surface area (Å²) >= 11 is 0. The fraction of sp³-hybridized carbons (Fsp3) is 0.889. The Morgan fingerprint density at radius 3 is 2.83 bits per heavy atom. The normalized spacial score (nSPS) is 36.0. The highest BCUT2D eigenvalue weighted by atomic mass is 16.5. The van der Waals surface area contributed by atoms with Gasteiger partial charge in [-0.1, -0.05) is 20.3 Å². The molecule has 1 aliphatic carbocycles. The molecule has 2 aliphatic heterocycles. The third-order valence-electron chi connectivity index (χ3n) is 6.29. The Labute approximate surface area is 143 Å². The Morgan fingerprint density at radius 2 is 2.17 bits per heavy atom. The van der Waals surface area contributed by atoms with E-state index in [0.29, 0.717) is 37.9 Å². The van der Waals surface area contributed by atoms with Crippen molar-refractivity contribution in [2.45, 2.75) is 52.1 Å². The lowest BCUT2D eigenvalue weighted by atomic mass is 9.81. The average molecular weight is 338 g/mol. The number of carboxylic acid groups (broad SMARTS) is 1. The number of aliphatic carboxylic acids is 1. The number of likely N-dealkylation sites (tertiary alicyclic amines) is 1. The Balaban J connectivity index is 1.50. The van der Waals surface area contributed by atoms with Crippen LogP contribution >= 0.6 is 0 Å². The van der Waals surface area contributed by atoms with Crippen LogP contribution in [0, 0.1) is 23.2 Å². The second-order valence-corrected chi connectivity index (χ2v) is 8.16. The molecule has 2 N–H and O–H groups in total. The van der Waals surface area contributed by atoms with E-state index in [1.165, 1.54) is 0 Å². The fourth-order valence-corrected chi connectivity index (χ4v) is 4.69. The molecule has 1 saturated carbocycles. The number of carbonyl (C=O) groups is 2. The molecule has 2 saturated heterocycles. The van der Waals surface area contributed by atoms with Gasteiger partial charge in [0, 0.05) is 26.2 Å². The van der Waals surface area contributed by atoms with Crippen LogP contribution in [0.15, 0.2) is 0 Å². The number of hydrogen-bond acceptors (Lipinski definition) is 3. The smallest absolute Gasteiger partial charge is 0.317 e. The summed E-state index contributed by atoms with van der Waals surface area (Å²) in [5, 5.41) is 12.7. The molecule has 2 unspecified atom stereocenters. The van der Waals surface area contributed by atoms with E-state index in [1.807, 2.05) is 0 Å². The minimum absolute atomic E-state index is 0.0994. The number of nitrogens with zero attached hydrogens (tertiary/aromatic N) is 1. The molecule has 0 aromatic heterocycles. The molecule has 0 radical (unpaired) electrons. The lowest BCUT2D eigenvalue weighted by Gasteiger charge is -2.32. The predicted octanol–water partition coefficient (Wildman–Crippen LogP) is 2.33. The molecule has 0 aromatic rings. The van der Waals surface area contributed by atoms with Gasteiger partial charge in [0.1, 0.15) is 0 Å². The molecule has 6 nitrogen and oxygen atoms in total. The largest absolute Gasteiger partial charge is 0.481 e. The molecule has 2 heterocycles. The number of amides is 2. The first-order chi connectivity index (χ1) is 11.4. The SMILES string of the molecule is CC(C)C1CC(CNC(=O)N2C[C@@H]3CCC[C@@]3(C(=O)O)C2)CCO1. The number of ether oxygens (including phenoxy) is 1. The van der Waals surface area contributed by atoms with Gasteiger partial charge in [0.25, 0.3) is 0 Å². The first-order valence-electron chi connectivity index (χ1n) is 9.30. The van der Waals surface area contributed by atoms with Gasteiger partial charge >= 0.3 is 12.0 Å². The van der Waals surface area contributed by atoms with Gasteiger partial charge in [-0.2, -0.15) is 0 Å². The van der Waals surface area contributed by atoms with Crippen molar-refractivity contribution in [3.63, 3.8) is 0 Å². The summed E-state index contributed by atoms with van der Waals surface area (Å²) < 4.78 is 5.78. The Morgan fingerprint density at radius 1 is 1.38 bits per heavy atom. The van der Waals surface area contributed by atoms with E-state index in [9.17, 15) is 14.7 Å². The number of fused-ring (bicyclic) bond motifs is 1. The van der Waals surface area contributed by atoms with Gasteiger partial charge < -0.3 is 20.1 Å². The number of carboxylic acids is 1. The summed E-state index contributed by atoms with van der Waals surface area (Å²) in [6, 6.07) is -0.0994. The van der Waals surface area contributed by atoms with E-state index in [-0.39, 0.29) is 18.1 Å². The second kappa shape index (κ2) is 6.90. The monoisotopic (exact) mass is 338 g/mol. The van der Waals surface area contributed by atoms with E-state index < -0.39 is 11.4 Å². The van der Waals surface area contributed by atoms with Crippen LogP contribution in [0.3, 0.4) is 0 Å². The van der Waals surface area contributed by atoms with Crippen LogP contribution in [0.4, 0.5) is 4.79 Å². The number of urea groups is 1. The van der Waals surface area contributed by atoms with Gasteiger partial charge in [0.15, 0.2) is 0 Å². The summed E-state index contributed by atoms with van der Waals surface area (Å²) in [6.07, 6.45) is 4.83. The van der Waals surface area contributed by atoms with Crippen molar-refractivity contribution >= 4 is 12.0 Å². The van der Waals surface area contributed by atoms with Crippen molar-refractivity contribution in [3.8, 4) is 0 Å². The highest BCUT2D eigenvalue weighted by molar-refractivity contribution is 5.80. The Kier molecular flexibility index (Phi) is 5.04. The molecule has 6 heteroatoms.